The Morgan fingerprint density at radius 3 is 0.750 bits per heavy atom. The third kappa shape index (κ3) is 8.83. The van der Waals surface area contributed by atoms with Gasteiger partial charge in [0.15, 0.2) is 0 Å². The van der Waals surface area contributed by atoms with Crippen LogP contribution in [0.25, 0.3) is 0 Å². The standard InChI is InChI=1S/Ba.2O.Zr.2H/q;2*-2;+4;;. The normalized spacial score (nSPS) is 0. The van der Waals surface area contributed by atoms with Gasteiger partial charge in [0.05, 0.1) is 0 Å². The summed E-state index contributed by atoms with van der Waals surface area (Å²) >= 11 is 0. The van der Waals surface area contributed by atoms with Gasteiger partial charge in [-0.05, 0) is 0 Å². The smallest absolute Gasteiger partial charge is 2.00 e. The van der Waals surface area contributed by atoms with Crippen LogP contribution in [0.2, 0.25) is 0 Å². The van der Waals surface area contributed by atoms with Crippen molar-refractivity contribution < 1.29 is 37.2 Å². The van der Waals surface area contributed by atoms with E-state index in [-0.39, 0.29) is 86.0 Å². The summed E-state index contributed by atoms with van der Waals surface area (Å²) in [4.78, 5) is 0. The predicted octanol–water partition coefficient (Wildman–Crippen LogP) is -1.16. The minimum absolute atomic E-state index is 0. The van der Waals surface area contributed by atoms with Crippen LogP contribution in [0, 0.1) is 0 Å². The Bertz CT molecular complexity index is 6.00. The first-order valence-electron chi connectivity index (χ1n) is 0. The molecule has 0 radical (unpaired) electrons. The summed E-state index contributed by atoms with van der Waals surface area (Å²) in [7, 11) is 0. The molecule has 0 bridgehead atoms. The Balaban J connectivity index is 0. The second-order valence-electron chi connectivity index (χ2n) is 0. The first kappa shape index (κ1) is 32.7. The molecule has 0 rings (SSSR count). The van der Waals surface area contributed by atoms with Crippen molar-refractivity contribution in [3.05, 3.63) is 0 Å². The third-order valence-electron chi connectivity index (χ3n) is 0. The second-order valence-corrected chi connectivity index (χ2v) is 0. The van der Waals surface area contributed by atoms with E-state index in [0.717, 1.165) is 0 Å². The summed E-state index contributed by atoms with van der Waals surface area (Å²) in [6.45, 7) is 0. The van der Waals surface area contributed by atoms with Crippen LogP contribution in [0.4, 0.5) is 0 Å². The van der Waals surface area contributed by atoms with Gasteiger partial charge in [-0.1, -0.05) is 0 Å². The monoisotopic (exact) mass is 262 g/mol. The van der Waals surface area contributed by atoms with E-state index >= 15 is 0 Å². The van der Waals surface area contributed by atoms with Gasteiger partial charge in [0.2, 0.25) is 0 Å². The summed E-state index contributed by atoms with van der Waals surface area (Å²) in [6, 6.07) is 0. The van der Waals surface area contributed by atoms with Crippen molar-refractivity contribution in [2.75, 3.05) is 0 Å². The van der Waals surface area contributed by atoms with Crippen molar-refractivity contribution in [3.8, 4) is 0 Å². The maximum atomic E-state index is 0. The van der Waals surface area contributed by atoms with Crippen molar-refractivity contribution in [2.45, 2.75) is 0 Å². The molecule has 0 atom stereocenters. The SMILES string of the molecule is [BaH2].[O-2].[O-2].[Zr+4]. The van der Waals surface area contributed by atoms with Crippen molar-refractivity contribution in [1.82, 2.24) is 0 Å². The van der Waals surface area contributed by atoms with E-state index in [1.807, 2.05) is 0 Å². The van der Waals surface area contributed by atoms with Crippen LogP contribution in [0.1, 0.15) is 0 Å². The molecule has 0 aliphatic carbocycles. The molecule has 0 saturated heterocycles. The molecule has 0 aliphatic heterocycles. The van der Waals surface area contributed by atoms with E-state index in [0.29, 0.717) is 0 Å². The van der Waals surface area contributed by atoms with Gasteiger partial charge >= 0.3 is 75.1 Å². The molecule has 0 aromatic heterocycles. The van der Waals surface area contributed by atoms with Crippen molar-refractivity contribution in [1.29, 1.82) is 0 Å². The topological polar surface area (TPSA) is 57.0 Å². The van der Waals surface area contributed by atoms with Crippen LogP contribution in [0.15, 0.2) is 0 Å². The van der Waals surface area contributed by atoms with Crippen LogP contribution < -0.4 is 0 Å². The van der Waals surface area contributed by atoms with E-state index in [2.05, 4.69) is 0 Å². The summed E-state index contributed by atoms with van der Waals surface area (Å²) in [5.74, 6) is 0. The summed E-state index contributed by atoms with van der Waals surface area (Å²) in [5, 5.41) is 0. The van der Waals surface area contributed by atoms with Crippen LogP contribution in [0.5, 0.6) is 0 Å². The molecule has 0 aromatic rings. The minimum Gasteiger partial charge on any atom is -2.00 e. The Morgan fingerprint density at radius 2 is 0.750 bits per heavy atom. The first-order chi connectivity index (χ1) is 0. The van der Waals surface area contributed by atoms with Gasteiger partial charge in [-0.2, -0.15) is 0 Å². The molecular formula is H2BaO2Zr. The average Bonchev–Trinajstić information content (AvgIpc) is 0. The molecule has 4 heavy (non-hydrogen) atoms. The zero-order valence-corrected chi connectivity index (χ0v) is 3.77. The van der Waals surface area contributed by atoms with Gasteiger partial charge < -0.3 is 11.0 Å². The fourth-order valence-electron chi connectivity index (χ4n) is 0. The molecule has 4 heteroatoms. The quantitative estimate of drug-likeness (QED) is 0.495. The largest absolute Gasteiger partial charge is 4.00 e. The Hall–Kier alpha value is 2.37. The van der Waals surface area contributed by atoms with E-state index in [4.69, 9.17) is 0 Å². The summed E-state index contributed by atoms with van der Waals surface area (Å²) in [6.07, 6.45) is 0. The minimum atomic E-state index is 0. The molecule has 0 unspecified atom stereocenters. The third-order valence-corrected chi connectivity index (χ3v) is 0. The second kappa shape index (κ2) is 18.2. The fourth-order valence-corrected chi connectivity index (χ4v) is 0. The number of hydrogen-bond acceptors (Lipinski definition) is 0. The maximum Gasteiger partial charge on any atom is 4.00 e. The molecule has 0 aliphatic rings. The zero-order chi connectivity index (χ0) is 0. The Morgan fingerprint density at radius 1 is 0.750 bits per heavy atom. The van der Waals surface area contributed by atoms with Gasteiger partial charge in [0, 0.05) is 0 Å². The van der Waals surface area contributed by atoms with E-state index < -0.39 is 0 Å². The van der Waals surface area contributed by atoms with Crippen LogP contribution in [-0.4, -0.2) is 48.9 Å². The Labute approximate surface area is 84.2 Å². The summed E-state index contributed by atoms with van der Waals surface area (Å²) in [5.41, 5.74) is 0. The molecule has 0 fully saturated rings. The van der Waals surface area contributed by atoms with Crippen molar-refractivity contribution in [3.63, 3.8) is 0 Å². The van der Waals surface area contributed by atoms with Gasteiger partial charge in [0.1, 0.15) is 0 Å². The molecule has 0 heterocycles. The van der Waals surface area contributed by atoms with E-state index in [1.165, 1.54) is 0 Å². The molecule has 2 nitrogen and oxygen atoms in total. The zero-order valence-electron chi connectivity index (χ0n) is 1.32. The summed E-state index contributed by atoms with van der Waals surface area (Å²) < 4.78 is 0. The number of hydrogen-bond donors (Lipinski definition) is 0. The van der Waals surface area contributed by atoms with Gasteiger partial charge in [-0.15, -0.1) is 0 Å². The molecule has 20 valence electrons. The average molecular weight is 263 g/mol. The fraction of sp³-hybridized carbons (Fsp3) is 0. The predicted molar refractivity (Wildman–Crippen MR) is 9.92 cm³/mol. The molecule has 0 amide bonds. The molecule has 0 N–H and O–H groups in total. The van der Waals surface area contributed by atoms with E-state index in [1.54, 1.807) is 0 Å². The van der Waals surface area contributed by atoms with Crippen LogP contribution >= 0.6 is 0 Å². The van der Waals surface area contributed by atoms with Crippen molar-refractivity contribution in [2.24, 2.45) is 0 Å². The number of rotatable bonds is 0. The Kier molecular flexibility index (Phi) is 149. The van der Waals surface area contributed by atoms with Crippen LogP contribution in [0.3, 0.4) is 0 Å². The molecular weight excluding hydrogens is 261 g/mol. The first-order valence-corrected chi connectivity index (χ1v) is 0. The van der Waals surface area contributed by atoms with Crippen LogP contribution in [-0.2, 0) is 37.2 Å². The van der Waals surface area contributed by atoms with Gasteiger partial charge in [0.25, 0.3) is 0 Å². The van der Waals surface area contributed by atoms with Gasteiger partial charge in [-0.25, -0.2) is 0 Å². The van der Waals surface area contributed by atoms with Gasteiger partial charge in [-0.3, -0.25) is 0 Å². The molecule has 0 saturated carbocycles. The molecule has 0 spiro atoms. The van der Waals surface area contributed by atoms with E-state index in [9.17, 15) is 0 Å². The van der Waals surface area contributed by atoms with Crippen molar-refractivity contribution >= 4 is 48.9 Å². The molecule has 0 aromatic carbocycles. The maximum absolute atomic E-state index is 0.